The molecule has 2 aromatic rings. The van der Waals surface area contributed by atoms with Crippen LogP contribution in [-0.2, 0) is 10.2 Å². The highest BCUT2D eigenvalue weighted by Gasteiger charge is 2.47. The van der Waals surface area contributed by atoms with E-state index >= 15 is 0 Å². The van der Waals surface area contributed by atoms with Crippen LogP contribution in [0.5, 0.6) is 5.75 Å². The molecule has 3 N–H and O–H groups in total. The zero-order valence-electron chi connectivity index (χ0n) is 14.6. The second-order valence-corrected chi connectivity index (χ2v) is 8.18. The summed E-state index contributed by atoms with van der Waals surface area (Å²) in [5.74, 6) is -0.367. The van der Waals surface area contributed by atoms with Gasteiger partial charge in [-0.15, -0.1) is 0 Å². The third kappa shape index (κ3) is 3.91. The standard InChI is InChI=1S/C17H18FN5O4S/c18-11-6-13(22-17(24)21-12-2-1-4-19-9-12)8-14(7-11)27-16-3-5-23-15(16)10-20-28(23,25)26/h1-2,4,6-9,15-16,20H,3,5,10H2,(H2,21,22,24)/t15-,16+/m1/s1. The molecule has 2 saturated heterocycles. The van der Waals surface area contributed by atoms with E-state index in [0.717, 1.165) is 6.07 Å². The number of carbonyl (C=O) groups excluding carboxylic acids is 1. The minimum absolute atomic E-state index is 0.211. The fourth-order valence-corrected chi connectivity index (χ4v) is 4.81. The maximum absolute atomic E-state index is 14.0. The molecule has 0 spiro atoms. The van der Waals surface area contributed by atoms with E-state index in [4.69, 9.17) is 4.74 Å². The van der Waals surface area contributed by atoms with E-state index in [0.29, 0.717) is 18.7 Å². The number of fused-ring (bicyclic) bond motifs is 1. The maximum atomic E-state index is 14.0. The highest BCUT2D eigenvalue weighted by molar-refractivity contribution is 7.87. The quantitative estimate of drug-likeness (QED) is 0.712. The first-order valence-electron chi connectivity index (χ1n) is 8.62. The Bertz CT molecular complexity index is 988. The average molecular weight is 407 g/mol. The third-order valence-corrected chi connectivity index (χ3v) is 6.15. The van der Waals surface area contributed by atoms with Crippen molar-refractivity contribution in [2.24, 2.45) is 0 Å². The SMILES string of the molecule is O=C(Nc1cccnc1)Nc1cc(F)cc(O[C@H]2CCN3[C@@H]2CNS3(=O)=O)c1. The maximum Gasteiger partial charge on any atom is 0.323 e. The number of carbonyl (C=O) groups is 1. The second kappa shape index (κ2) is 7.34. The van der Waals surface area contributed by atoms with Crippen LogP contribution < -0.4 is 20.1 Å². The number of amides is 2. The molecule has 2 atom stereocenters. The number of hydrogen-bond acceptors (Lipinski definition) is 5. The smallest absolute Gasteiger partial charge is 0.323 e. The van der Waals surface area contributed by atoms with Gasteiger partial charge in [0.25, 0.3) is 10.2 Å². The topological polar surface area (TPSA) is 113 Å². The Morgan fingerprint density at radius 1 is 1.29 bits per heavy atom. The molecule has 0 saturated carbocycles. The molecule has 2 aliphatic rings. The van der Waals surface area contributed by atoms with Crippen molar-refractivity contribution in [3.63, 3.8) is 0 Å². The first-order valence-corrected chi connectivity index (χ1v) is 10.1. The monoisotopic (exact) mass is 407 g/mol. The molecular formula is C17H18FN5O4S. The molecular weight excluding hydrogens is 389 g/mol. The van der Waals surface area contributed by atoms with E-state index in [1.807, 2.05) is 0 Å². The summed E-state index contributed by atoms with van der Waals surface area (Å²) in [5, 5.41) is 5.12. The zero-order chi connectivity index (χ0) is 19.7. The number of rotatable bonds is 4. The van der Waals surface area contributed by atoms with Crippen LogP contribution in [0.3, 0.4) is 0 Å². The molecule has 0 aliphatic carbocycles. The third-order valence-electron chi connectivity index (χ3n) is 4.55. The Morgan fingerprint density at radius 2 is 2.11 bits per heavy atom. The molecule has 4 rings (SSSR count). The normalized spacial score (nSPS) is 23.2. The predicted octanol–water partition coefficient (Wildman–Crippen LogP) is 1.53. The van der Waals surface area contributed by atoms with E-state index in [1.54, 1.807) is 18.3 Å². The second-order valence-electron chi connectivity index (χ2n) is 6.47. The van der Waals surface area contributed by atoms with Crippen molar-refractivity contribution >= 4 is 27.6 Å². The van der Waals surface area contributed by atoms with Crippen LogP contribution in [0.25, 0.3) is 0 Å². The first-order chi connectivity index (χ1) is 13.4. The fourth-order valence-electron chi connectivity index (χ4n) is 3.35. The first kappa shape index (κ1) is 18.6. The molecule has 28 heavy (non-hydrogen) atoms. The number of urea groups is 1. The summed E-state index contributed by atoms with van der Waals surface area (Å²) in [6, 6.07) is 6.31. The lowest BCUT2D eigenvalue weighted by atomic mass is 10.2. The van der Waals surface area contributed by atoms with Crippen LogP contribution >= 0.6 is 0 Å². The van der Waals surface area contributed by atoms with Gasteiger partial charge < -0.3 is 15.4 Å². The van der Waals surface area contributed by atoms with Crippen molar-refractivity contribution in [1.29, 1.82) is 0 Å². The van der Waals surface area contributed by atoms with Crippen molar-refractivity contribution in [2.75, 3.05) is 23.7 Å². The Labute approximate surface area is 161 Å². The predicted molar refractivity (Wildman–Crippen MR) is 99.7 cm³/mol. The summed E-state index contributed by atoms with van der Waals surface area (Å²) >= 11 is 0. The summed E-state index contributed by atoms with van der Waals surface area (Å²) in [6.45, 7) is 0.597. The van der Waals surface area contributed by atoms with Gasteiger partial charge in [0.2, 0.25) is 0 Å². The zero-order valence-corrected chi connectivity index (χ0v) is 15.4. The van der Waals surface area contributed by atoms with Gasteiger partial charge in [-0.1, -0.05) is 0 Å². The minimum Gasteiger partial charge on any atom is -0.488 e. The summed E-state index contributed by atoms with van der Waals surface area (Å²) < 4.78 is 47.4. The van der Waals surface area contributed by atoms with Gasteiger partial charge in [0, 0.05) is 37.1 Å². The van der Waals surface area contributed by atoms with Crippen molar-refractivity contribution in [3.8, 4) is 5.75 Å². The van der Waals surface area contributed by atoms with E-state index in [-0.39, 0.29) is 24.0 Å². The van der Waals surface area contributed by atoms with Crippen LogP contribution in [0, 0.1) is 5.82 Å². The molecule has 148 valence electrons. The van der Waals surface area contributed by atoms with Gasteiger partial charge in [-0.05, 0) is 24.6 Å². The molecule has 3 heterocycles. The number of nitrogens with one attached hydrogen (secondary N) is 3. The van der Waals surface area contributed by atoms with Crippen LogP contribution in [0.15, 0.2) is 42.7 Å². The molecule has 9 nitrogen and oxygen atoms in total. The summed E-state index contributed by atoms with van der Waals surface area (Å²) in [5.41, 5.74) is 0.706. The van der Waals surface area contributed by atoms with Crippen molar-refractivity contribution in [2.45, 2.75) is 18.6 Å². The Balaban J connectivity index is 1.43. The number of benzene rings is 1. The average Bonchev–Trinajstić information content (AvgIpc) is 3.16. The number of halogens is 1. The molecule has 1 aromatic carbocycles. The van der Waals surface area contributed by atoms with Gasteiger partial charge >= 0.3 is 6.03 Å². The van der Waals surface area contributed by atoms with E-state index in [9.17, 15) is 17.6 Å². The summed E-state index contributed by atoms with van der Waals surface area (Å²) in [4.78, 5) is 16.0. The van der Waals surface area contributed by atoms with Gasteiger partial charge in [-0.3, -0.25) is 4.98 Å². The van der Waals surface area contributed by atoms with Crippen LogP contribution in [0.1, 0.15) is 6.42 Å². The van der Waals surface area contributed by atoms with Crippen LogP contribution in [-0.4, -0.2) is 49.0 Å². The lowest BCUT2D eigenvalue weighted by molar-refractivity contribution is 0.175. The highest BCUT2D eigenvalue weighted by atomic mass is 32.2. The number of hydrogen-bond donors (Lipinski definition) is 3. The van der Waals surface area contributed by atoms with Gasteiger partial charge in [-0.2, -0.15) is 12.7 Å². The fraction of sp³-hybridized carbons (Fsp3) is 0.294. The van der Waals surface area contributed by atoms with Crippen LogP contribution in [0.2, 0.25) is 0 Å². The van der Waals surface area contributed by atoms with Gasteiger partial charge in [-0.25, -0.2) is 13.9 Å². The lowest BCUT2D eigenvalue weighted by Gasteiger charge is -2.20. The Morgan fingerprint density at radius 3 is 2.89 bits per heavy atom. The Kier molecular flexibility index (Phi) is 4.87. The van der Waals surface area contributed by atoms with E-state index < -0.39 is 28.2 Å². The number of ether oxygens (including phenoxy) is 1. The summed E-state index contributed by atoms with van der Waals surface area (Å²) in [6.07, 6.45) is 3.17. The van der Waals surface area contributed by atoms with Crippen molar-refractivity contribution in [1.82, 2.24) is 14.0 Å². The molecule has 0 unspecified atom stereocenters. The largest absolute Gasteiger partial charge is 0.488 e. The Hall–Kier alpha value is -2.76. The molecule has 2 amide bonds. The molecule has 2 aliphatic heterocycles. The highest BCUT2D eigenvalue weighted by Crippen LogP contribution is 2.30. The molecule has 2 fully saturated rings. The van der Waals surface area contributed by atoms with Crippen LogP contribution in [0.4, 0.5) is 20.6 Å². The number of pyridine rings is 1. The lowest BCUT2D eigenvalue weighted by Crippen LogP contribution is -2.35. The van der Waals surface area contributed by atoms with E-state index in [1.165, 1.54) is 22.6 Å². The molecule has 1 aromatic heterocycles. The minimum atomic E-state index is -3.45. The number of aromatic nitrogens is 1. The summed E-state index contributed by atoms with van der Waals surface area (Å²) in [7, 11) is -3.45. The molecule has 0 bridgehead atoms. The van der Waals surface area contributed by atoms with Gasteiger partial charge in [0.15, 0.2) is 0 Å². The van der Waals surface area contributed by atoms with Gasteiger partial charge in [0.05, 0.1) is 17.9 Å². The van der Waals surface area contributed by atoms with Crippen molar-refractivity contribution in [3.05, 3.63) is 48.5 Å². The van der Waals surface area contributed by atoms with Gasteiger partial charge in [0.1, 0.15) is 17.7 Å². The molecule has 0 radical (unpaired) electrons. The number of nitrogens with zero attached hydrogens (tertiary/aromatic N) is 2. The van der Waals surface area contributed by atoms with E-state index in [2.05, 4.69) is 20.3 Å². The molecule has 11 heteroatoms. The number of anilines is 2. The van der Waals surface area contributed by atoms with Crippen molar-refractivity contribution < 1.29 is 22.3 Å².